The van der Waals surface area contributed by atoms with E-state index in [1.54, 1.807) is 31.5 Å². The van der Waals surface area contributed by atoms with Crippen molar-refractivity contribution in [3.63, 3.8) is 0 Å². The van der Waals surface area contributed by atoms with Gasteiger partial charge in [0.25, 0.3) is 0 Å². The molecule has 1 aromatic heterocycles. The summed E-state index contributed by atoms with van der Waals surface area (Å²) in [5.74, 6) is -0.0635. The molecule has 5 heteroatoms. The third kappa shape index (κ3) is 3.12. The quantitative estimate of drug-likeness (QED) is 0.873. The number of benzene rings is 1. The van der Waals surface area contributed by atoms with Crippen molar-refractivity contribution >= 4 is 15.5 Å². The van der Waals surface area contributed by atoms with E-state index in [0.717, 1.165) is 5.56 Å². The second-order valence-electron chi connectivity index (χ2n) is 4.65. The molecule has 0 saturated heterocycles. The summed E-state index contributed by atoms with van der Waals surface area (Å²) in [6, 6.07) is 6.75. The Hall–Kier alpha value is -1.88. The topological polar surface area (TPSA) is 73.0 Å². The van der Waals surface area contributed by atoms with Gasteiger partial charge in [-0.25, -0.2) is 8.42 Å². The van der Waals surface area contributed by atoms with E-state index in [1.165, 1.54) is 6.07 Å². The first-order valence-corrected chi connectivity index (χ1v) is 7.53. The van der Waals surface area contributed by atoms with Crippen LogP contribution in [-0.4, -0.2) is 13.4 Å². The molecule has 0 fully saturated rings. The van der Waals surface area contributed by atoms with E-state index in [-0.39, 0.29) is 10.6 Å². The molecule has 0 unspecified atom stereocenters. The Morgan fingerprint density at radius 1 is 1.16 bits per heavy atom. The summed E-state index contributed by atoms with van der Waals surface area (Å²) >= 11 is 0. The Morgan fingerprint density at radius 2 is 1.89 bits per heavy atom. The highest BCUT2D eigenvalue weighted by Crippen LogP contribution is 2.22. The molecule has 1 aromatic carbocycles. The second kappa shape index (κ2) is 5.01. The average molecular weight is 276 g/mol. The number of pyridine rings is 1. The lowest BCUT2D eigenvalue weighted by Crippen LogP contribution is -2.08. The van der Waals surface area contributed by atoms with Crippen LogP contribution in [0.15, 0.2) is 41.6 Å². The van der Waals surface area contributed by atoms with Crippen molar-refractivity contribution in [2.24, 2.45) is 0 Å². The standard InChI is InChI=1S/C14H16N2O2S/c1-10-5-12(8-16-7-10)9-19(17,18)14-6-13(15)4-3-11(14)2/h3-8H,9,15H2,1-2H3. The number of nitrogen functional groups attached to an aromatic ring is 1. The summed E-state index contributed by atoms with van der Waals surface area (Å²) in [5, 5.41) is 0. The van der Waals surface area contributed by atoms with Gasteiger partial charge in [-0.1, -0.05) is 12.1 Å². The highest BCUT2D eigenvalue weighted by atomic mass is 32.2. The predicted octanol–water partition coefficient (Wildman–Crippen LogP) is 2.25. The Morgan fingerprint density at radius 3 is 2.58 bits per heavy atom. The molecule has 0 atom stereocenters. The summed E-state index contributed by atoms with van der Waals surface area (Å²) in [6.45, 7) is 3.65. The number of rotatable bonds is 3. The number of hydrogen-bond acceptors (Lipinski definition) is 4. The molecule has 2 N–H and O–H groups in total. The van der Waals surface area contributed by atoms with E-state index in [9.17, 15) is 8.42 Å². The summed E-state index contributed by atoms with van der Waals surface area (Å²) in [5.41, 5.74) is 8.44. The van der Waals surface area contributed by atoms with Crippen molar-refractivity contribution < 1.29 is 8.42 Å². The van der Waals surface area contributed by atoms with Gasteiger partial charge in [0.15, 0.2) is 9.84 Å². The van der Waals surface area contributed by atoms with E-state index in [2.05, 4.69) is 4.98 Å². The van der Waals surface area contributed by atoms with E-state index in [0.29, 0.717) is 16.8 Å². The number of aromatic nitrogens is 1. The molecule has 100 valence electrons. The Bertz CT molecular complexity index is 709. The molecule has 2 rings (SSSR count). The lowest BCUT2D eigenvalue weighted by Gasteiger charge is -2.09. The minimum absolute atomic E-state index is 0.0635. The maximum atomic E-state index is 12.4. The maximum Gasteiger partial charge on any atom is 0.182 e. The Labute approximate surface area is 113 Å². The fraction of sp³-hybridized carbons (Fsp3) is 0.214. The van der Waals surface area contributed by atoms with Gasteiger partial charge in [0.2, 0.25) is 0 Å². The van der Waals surface area contributed by atoms with Crippen molar-refractivity contribution in [3.8, 4) is 0 Å². The van der Waals surface area contributed by atoms with Gasteiger partial charge in [-0.3, -0.25) is 4.98 Å². The van der Waals surface area contributed by atoms with Crippen molar-refractivity contribution in [1.29, 1.82) is 0 Å². The summed E-state index contributed by atoms with van der Waals surface area (Å²) in [7, 11) is -3.40. The lowest BCUT2D eigenvalue weighted by atomic mass is 10.2. The molecule has 1 heterocycles. The number of aryl methyl sites for hydroxylation is 2. The first-order valence-electron chi connectivity index (χ1n) is 5.88. The highest BCUT2D eigenvalue weighted by Gasteiger charge is 2.18. The summed E-state index contributed by atoms with van der Waals surface area (Å²) in [4.78, 5) is 4.30. The van der Waals surface area contributed by atoms with Crippen LogP contribution in [0.3, 0.4) is 0 Å². The van der Waals surface area contributed by atoms with E-state index in [1.807, 2.05) is 13.0 Å². The molecule has 19 heavy (non-hydrogen) atoms. The average Bonchev–Trinajstić information content (AvgIpc) is 2.31. The van der Waals surface area contributed by atoms with Gasteiger partial charge < -0.3 is 5.73 Å². The molecular formula is C14H16N2O2S. The van der Waals surface area contributed by atoms with E-state index < -0.39 is 9.84 Å². The SMILES string of the molecule is Cc1cncc(CS(=O)(=O)c2cc(N)ccc2C)c1. The molecule has 0 radical (unpaired) electrons. The van der Waals surface area contributed by atoms with Gasteiger partial charge in [-0.05, 0) is 42.7 Å². The van der Waals surface area contributed by atoms with Gasteiger partial charge in [0.05, 0.1) is 10.6 Å². The zero-order valence-electron chi connectivity index (χ0n) is 10.9. The molecule has 0 spiro atoms. The summed E-state index contributed by atoms with van der Waals surface area (Å²) in [6.07, 6.45) is 3.27. The second-order valence-corrected chi connectivity index (χ2v) is 6.61. The summed E-state index contributed by atoms with van der Waals surface area (Å²) < 4.78 is 24.8. The van der Waals surface area contributed by atoms with Crippen molar-refractivity contribution in [2.75, 3.05) is 5.73 Å². The molecule has 0 aliphatic rings. The monoisotopic (exact) mass is 276 g/mol. The molecule has 0 saturated carbocycles. The number of nitrogens with zero attached hydrogens (tertiary/aromatic N) is 1. The van der Waals surface area contributed by atoms with Crippen LogP contribution in [0.4, 0.5) is 5.69 Å². The predicted molar refractivity (Wildman–Crippen MR) is 75.5 cm³/mol. The number of nitrogens with two attached hydrogens (primary N) is 1. The van der Waals surface area contributed by atoms with Crippen molar-refractivity contribution in [2.45, 2.75) is 24.5 Å². The number of sulfone groups is 1. The molecule has 4 nitrogen and oxygen atoms in total. The van der Waals surface area contributed by atoms with Gasteiger partial charge in [-0.15, -0.1) is 0 Å². The highest BCUT2D eigenvalue weighted by molar-refractivity contribution is 7.90. The van der Waals surface area contributed by atoms with Gasteiger partial charge in [0.1, 0.15) is 0 Å². The van der Waals surface area contributed by atoms with Crippen LogP contribution in [0.25, 0.3) is 0 Å². The molecular weight excluding hydrogens is 260 g/mol. The van der Waals surface area contributed by atoms with E-state index in [4.69, 9.17) is 5.73 Å². The fourth-order valence-corrected chi connectivity index (χ4v) is 3.57. The normalized spacial score (nSPS) is 11.5. The minimum Gasteiger partial charge on any atom is -0.399 e. The molecule has 0 aliphatic carbocycles. The fourth-order valence-electron chi connectivity index (χ4n) is 1.95. The molecule has 2 aromatic rings. The van der Waals surface area contributed by atoms with Gasteiger partial charge in [0, 0.05) is 18.1 Å². The van der Waals surface area contributed by atoms with Crippen LogP contribution < -0.4 is 5.73 Å². The zero-order chi connectivity index (χ0) is 14.0. The molecule has 0 amide bonds. The van der Waals surface area contributed by atoms with Crippen molar-refractivity contribution in [1.82, 2.24) is 4.98 Å². The third-order valence-electron chi connectivity index (χ3n) is 2.84. The van der Waals surface area contributed by atoms with Crippen LogP contribution in [0.1, 0.15) is 16.7 Å². The Balaban J connectivity index is 2.40. The molecule has 0 aliphatic heterocycles. The van der Waals surface area contributed by atoms with Gasteiger partial charge >= 0.3 is 0 Å². The smallest absolute Gasteiger partial charge is 0.182 e. The van der Waals surface area contributed by atoms with Crippen LogP contribution in [0, 0.1) is 13.8 Å². The number of anilines is 1. The number of hydrogen-bond donors (Lipinski definition) is 1. The minimum atomic E-state index is -3.40. The zero-order valence-corrected chi connectivity index (χ0v) is 11.7. The largest absolute Gasteiger partial charge is 0.399 e. The van der Waals surface area contributed by atoms with Gasteiger partial charge in [-0.2, -0.15) is 0 Å². The van der Waals surface area contributed by atoms with Crippen LogP contribution in [0.5, 0.6) is 0 Å². The van der Waals surface area contributed by atoms with Crippen LogP contribution in [0.2, 0.25) is 0 Å². The first-order chi connectivity index (χ1) is 8.88. The van der Waals surface area contributed by atoms with Crippen molar-refractivity contribution in [3.05, 3.63) is 53.3 Å². The lowest BCUT2D eigenvalue weighted by molar-refractivity contribution is 0.594. The Kier molecular flexibility index (Phi) is 3.57. The van der Waals surface area contributed by atoms with Crippen LogP contribution in [-0.2, 0) is 15.6 Å². The van der Waals surface area contributed by atoms with Crippen LogP contribution >= 0.6 is 0 Å². The maximum absolute atomic E-state index is 12.4. The first kappa shape index (κ1) is 13.5. The third-order valence-corrected chi connectivity index (χ3v) is 4.66. The van der Waals surface area contributed by atoms with E-state index >= 15 is 0 Å². The molecule has 0 bridgehead atoms.